The molecule has 2 atom stereocenters. The Morgan fingerprint density at radius 3 is 2.14 bits per heavy atom. The zero-order valence-corrected chi connectivity index (χ0v) is 22.4. The first kappa shape index (κ1) is 25.1. The molecular formula is C28H37N4O3P. The minimum atomic E-state index is -2.13. The van der Waals surface area contributed by atoms with Gasteiger partial charge < -0.3 is 33.7 Å². The lowest BCUT2D eigenvalue weighted by Crippen LogP contribution is -2.26. The first-order valence-corrected chi connectivity index (χ1v) is 14.0. The molecule has 0 saturated carbocycles. The predicted octanol–water partition coefficient (Wildman–Crippen LogP) is 5.98. The fourth-order valence-corrected chi connectivity index (χ4v) is 6.08. The molecule has 2 saturated heterocycles. The average Bonchev–Trinajstić information content (AvgIpc) is 3.66. The van der Waals surface area contributed by atoms with Crippen molar-refractivity contribution in [3.05, 3.63) is 59.9 Å². The number of aromatic amines is 2. The van der Waals surface area contributed by atoms with E-state index in [9.17, 15) is 4.89 Å². The number of nitrogens with zero attached hydrogens (tertiary/aromatic N) is 2. The number of likely N-dealkylation sites (N-methyl/N-ethyl adjacent to an activating group) is 1. The lowest BCUT2D eigenvalue weighted by atomic mass is 10.0. The Balaban J connectivity index is 0.000000391. The molecule has 4 aromatic rings. The van der Waals surface area contributed by atoms with Gasteiger partial charge in [-0.2, -0.15) is 0 Å². The Kier molecular flexibility index (Phi) is 7.82. The summed E-state index contributed by atoms with van der Waals surface area (Å²) in [6.45, 7) is 5.80. The smallest absolute Gasteiger partial charge is 0.417 e. The lowest BCUT2D eigenvalue weighted by molar-refractivity contribution is 0.309. The first-order valence-electron chi connectivity index (χ1n) is 12.9. The molecule has 4 heterocycles. The van der Waals surface area contributed by atoms with Crippen molar-refractivity contribution < 1.29 is 13.9 Å². The van der Waals surface area contributed by atoms with Crippen LogP contribution < -0.4 is 9.05 Å². The number of nitrogens with one attached hydrogen (secondary N) is 2. The van der Waals surface area contributed by atoms with E-state index in [-0.39, 0.29) is 0 Å². The number of hydrogen-bond donors (Lipinski definition) is 3. The monoisotopic (exact) mass is 508 g/mol. The average molecular weight is 509 g/mol. The van der Waals surface area contributed by atoms with Crippen molar-refractivity contribution in [2.75, 3.05) is 33.7 Å². The third-order valence-electron chi connectivity index (χ3n) is 7.42. The summed E-state index contributed by atoms with van der Waals surface area (Å²) in [6, 6.07) is 12.2. The number of aryl methyl sites for hydroxylation is 1. The molecule has 0 radical (unpaired) electrons. The maximum atomic E-state index is 10.6. The van der Waals surface area contributed by atoms with Gasteiger partial charge in [0.05, 0.1) is 0 Å². The van der Waals surface area contributed by atoms with E-state index in [0.717, 1.165) is 40.3 Å². The van der Waals surface area contributed by atoms with Crippen LogP contribution in [0.1, 0.15) is 36.8 Å². The van der Waals surface area contributed by atoms with Crippen molar-refractivity contribution in [2.24, 2.45) is 0 Å². The summed E-state index contributed by atoms with van der Waals surface area (Å²) in [5.41, 5.74) is 4.27. The van der Waals surface area contributed by atoms with E-state index in [1.54, 1.807) is 0 Å². The molecule has 7 nitrogen and oxygen atoms in total. The summed E-state index contributed by atoms with van der Waals surface area (Å²) >= 11 is 0. The SMILES string of the molecule is CN1CCCC1.Cc1c[nH]c2cccc(OP(O)Oc3cccc4[nH]cc(CC5CCCN5C)c34)c12. The summed E-state index contributed by atoms with van der Waals surface area (Å²) in [5.74, 6) is 1.27. The van der Waals surface area contributed by atoms with Gasteiger partial charge in [0.2, 0.25) is 0 Å². The Morgan fingerprint density at radius 2 is 1.53 bits per heavy atom. The van der Waals surface area contributed by atoms with E-state index in [4.69, 9.17) is 9.05 Å². The summed E-state index contributed by atoms with van der Waals surface area (Å²) in [5, 5.41) is 1.99. The van der Waals surface area contributed by atoms with Gasteiger partial charge in [-0.25, -0.2) is 0 Å². The molecule has 0 spiro atoms. The molecular weight excluding hydrogens is 471 g/mol. The highest BCUT2D eigenvalue weighted by molar-refractivity contribution is 7.41. The van der Waals surface area contributed by atoms with E-state index in [1.807, 2.05) is 49.5 Å². The fraction of sp³-hybridized carbons (Fsp3) is 0.429. The highest BCUT2D eigenvalue weighted by Gasteiger charge is 2.24. The number of rotatable bonds is 6. The fourth-order valence-electron chi connectivity index (χ4n) is 5.40. The van der Waals surface area contributed by atoms with E-state index >= 15 is 0 Å². The van der Waals surface area contributed by atoms with Gasteiger partial charge in [0.15, 0.2) is 0 Å². The molecule has 2 aromatic heterocycles. The zero-order chi connectivity index (χ0) is 25.1. The maximum Gasteiger partial charge on any atom is 0.460 e. The highest BCUT2D eigenvalue weighted by Crippen LogP contribution is 2.43. The van der Waals surface area contributed by atoms with Crippen LogP contribution in [0.15, 0.2) is 48.8 Å². The van der Waals surface area contributed by atoms with E-state index in [2.05, 4.69) is 40.1 Å². The Morgan fingerprint density at radius 1 is 0.889 bits per heavy atom. The number of likely N-dealkylation sites (tertiary alicyclic amines) is 2. The number of aromatic nitrogens is 2. The van der Waals surface area contributed by atoms with Gasteiger partial charge >= 0.3 is 8.60 Å². The Labute approximate surface area is 214 Å². The molecule has 0 bridgehead atoms. The molecule has 6 rings (SSSR count). The van der Waals surface area contributed by atoms with Crippen LogP contribution in [0.25, 0.3) is 21.8 Å². The Bertz CT molecular complexity index is 1300. The Hall–Kier alpha value is -2.57. The normalized spacial score (nSPS) is 19.5. The molecule has 2 aromatic carbocycles. The molecule has 2 aliphatic heterocycles. The van der Waals surface area contributed by atoms with Crippen LogP contribution in [0.2, 0.25) is 0 Å². The summed E-state index contributed by atoms with van der Waals surface area (Å²) in [7, 11) is 2.23. The number of H-pyrrole nitrogens is 2. The molecule has 8 heteroatoms. The topological polar surface area (TPSA) is 76.7 Å². The third kappa shape index (κ3) is 5.55. The first-order chi connectivity index (χ1) is 17.5. The van der Waals surface area contributed by atoms with Gasteiger partial charge in [0.1, 0.15) is 11.5 Å². The summed E-state index contributed by atoms with van der Waals surface area (Å²) in [6.07, 6.45) is 10.2. The molecule has 2 unspecified atom stereocenters. The standard InChI is InChI=1S/C23H26N3O3P.C5H11N/c1-15-13-24-18-7-3-9-20(22(15)18)28-30(27)29-21-10-4-8-19-23(21)16(14-25-19)12-17-6-5-11-26(17)2;1-6-4-2-3-5-6/h3-4,7-10,13-14,17,24-25,27H,5-6,11-12H2,1-2H3;2-5H2,1H3. The van der Waals surface area contributed by atoms with Crippen LogP contribution in [0, 0.1) is 6.92 Å². The van der Waals surface area contributed by atoms with Crippen molar-refractivity contribution in [2.45, 2.75) is 45.1 Å². The minimum Gasteiger partial charge on any atom is -0.417 e. The predicted molar refractivity (Wildman–Crippen MR) is 148 cm³/mol. The number of benzene rings is 2. The molecule has 2 aliphatic rings. The summed E-state index contributed by atoms with van der Waals surface area (Å²) < 4.78 is 11.8. The van der Waals surface area contributed by atoms with Crippen LogP contribution in [0.4, 0.5) is 0 Å². The van der Waals surface area contributed by atoms with Crippen molar-refractivity contribution in [1.82, 2.24) is 19.8 Å². The van der Waals surface area contributed by atoms with Gasteiger partial charge in [-0.05, 0) is 108 Å². The van der Waals surface area contributed by atoms with Gasteiger partial charge in [0, 0.05) is 40.2 Å². The van der Waals surface area contributed by atoms with E-state index in [1.165, 1.54) is 44.3 Å². The van der Waals surface area contributed by atoms with E-state index < -0.39 is 8.60 Å². The number of hydrogen-bond acceptors (Lipinski definition) is 5. The van der Waals surface area contributed by atoms with Crippen molar-refractivity contribution in [3.63, 3.8) is 0 Å². The lowest BCUT2D eigenvalue weighted by Gasteiger charge is -2.19. The van der Waals surface area contributed by atoms with Crippen molar-refractivity contribution in [3.8, 4) is 11.5 Å². The maximum absolute atomic E-state index is 10.6. The van der Waals surface area contributed by atoms with Gasteiger partial charge in [-0.3, -0.25) is 0 Å². The largest absolute Gasteiger partial charge is 0.460 e. The quantitative estimate of drug-likeness (QED) is 0.279. The molecule has 36 heavy (non-hydrogen) atoms. The van der Waals surface area contributed by atoms with Crippen molar-refractivity contribution >= 4 is 30.4 Å². The van der Waals surface area contributed by atoms with Crippen molar-refractivity contribution in [1.29, 1.82) is 0 Å². The van der Waals surface area contributed by atoms with Gasteiger partial charge in [-0.1, -0.05) is 12.1 Å². The molecule has 2 fully saturated rings. The molecule has 3 N–H and O–H groups in total. The second kappa shape index (κ2) is 11.2. The second-order valence-electron chi connectivity index (χ2n) is 10.1. The molecule has 0 aliphatic carbocycles. The van der Waals surface area contributed by atoms with Gasteiger partial charge in [-0.15, -0.1) is 0 Å². The van der Waals surface area contributed by atoms with E-state index in [0.29, 0.717) is 17.5 Å². The van der Waals surface area contributed by atoms with Crippen LogP contribution in [0.3, 0.4) is 0 Å². The third-order valence-corrected chi connectivity index (χ3v) is 8.13. The number of fused-ring (bicyclic) bond motifs is 2. The van der Waals surface area contributed by atoms with Crippen LogP contribution in [-0.2, 0) is 6.42 Å². The van der Waals surface area contributed by atoms with Crippen LogP contribution in [-0.4, -0.2) is 64.4 Å². The van der Waals surface area contributed by atoms with Gasteiger partial charge in [0.25, 0.3) is 0 Å². The second-order valence-corrected chi connectivity index (χ2v) is 10.9. The molecule has 192 valence electrons. The highest BCUT2D eigenvalue weighted by atomic mass is 31.2. The molecule has 0 amide bonds. The minimum absolute atomic E-state index is 0.540. The van der Waals surface area contributed by atoms with Crippen LogP contribution in [0.5, 0.6) is 11.5 Å². The summed E-state index contributed by atoms with van der Waals surface area (Å²) in [4.78, 5) is 22.0. The van der Waals surface area contributed by atoms with Crippen LogP contribution >= 0.6 is 8.60 Å². The zero-order valence-electron chi connectivity index (χ0n) is 21.5.